The minimum Gasteiger partial charge on any atom is -0.466 e. The van der Waals surface area contributed by atoms with Crippen molar-refractivity contribution in [2.24, 2.45) is 0 Å². The van der Waals surface area contributed by atoms with Crippen LogP contribution in [0.5, 0.6) is 0 Å². The van der Waals surface area contributed by atoms with Crippen LogP contribution in [0.2, 0.25) is 0 Å². The van der Waals surface area contributed by atoms with Crippen LogP contribution in [0.3, 0.4) is 0 Å². The van der Waals surface area contributed by atoms with Crippen molar-refractivity contribution >= 4 is 11.9 Å². The topological polar surface area (TPSA) is 52.6 Å². The second-order valence-corrected chi connectivity index (χ2v) is 4.36. The number of esters is 2. The molecule has 19 heavy (non-hydrogen) atoms. The second-order valence-electron chi connectivity index (χ2n) is 4.36. The average molecular weight is 264 g/mol. The molecule has 1 aromatic rings. The molecule has 0 fully saturated rings. The van der Waals surface area contributed by atoms with Crippen molar-refractivity contribution in [1.82, 2.24) is 0 Å². The summed E-state index contributed by atoms with van der Waals surface area (Å²) in [6, 6.07) is 8.70. The summed E-state index contributed by atoms with van der Waals surface area (Å²) in [7, 11) is 0. The summed E-state index contributed by atoms with van der Waals surface area (Å²) in [4.78, 5) is 23.2. The summed E-state index contributed by atoms with van der Waals surface area (Å²) in [5.74, 6) is -0.753. The van der Waals surface area contributed by atoms with Gasteiger partial charge < -0.3 is 9.47 Å². The zero-order chi connectivity index (χ0) is 14.1. The van der Waals surface area contributed by atoms with E-state index < -0.39 is 12.1 Å². The molecule has 0 bridgehead atoms. The van der Waals surface area contributed by atoms with E-state index in [0.29, 0.717) is 12.2 Å². The van der Waals surface area contributed by atoms with E-state index >= 15 is 0 Å². The zero-order valence-electron chi connectivity index (χ0n) is 11.4. The van der Waals surface area contributed by atoms with Gasteiger partial charge in [0.25, 0.3) is 0 Å². The number of unbranched alkanes of at least 4 members (excludes halogenated alkanes) is 1. The van der Waals surface area contributed by atoms with E-state index in [1.54, 1.807) is 31.2 Å². The van der Waals surface area contributed by atoms with Gasteiger partial charge in [-0.1, -0.05) is 31.5 Å². The van der Waals surface area contributed by atoms with Gasteiger partial charge in [0.1, 0.15) is 6.10 Å². The van der Waals surface area contributed by atoms with Gasteiger partial charge >= 0.3 is 11.9 Å². The Bertz CT molecular complexity index is 400. The van der Waals surface area contributed by atoms with E-state index in [-0.39, 0.29) is 12.4 Å². The number of carbonyl (C=O) groups is 2. The molecule has 0 aliphatic carbocycles. The summed E-state index contributed by atoms with van der Waals surface area (Å²) in [5.41, 5.74) is 0.480. The lowest BCUT2D eigenvalue weighted by Gasteiger charge is -2.12. The minimum absolute atomic E-state index is 0.0856. The third kappa shape index (κ3) is 6.04. The molecule has 4 nitrogen and oxygen atoms in total. The monoisotopic (exact) mass is 264 g/mol. The van der Waals surface area contributed by atoms with Gasteiger partial charge in [-0.2, -0.15) is 0 Å². The SMILES string of the molecule is CCCCOC(=O)CC(C)OC(=O)c1ccccc1. The number of hydrogen-bond acceptors (Lipinski definition) is 4. The van der Waals surface area contributed by atoms with Crippen LogP contribution in [0.25, 0.3) is 0 Å². The van der Waals surface area contributed by atoms with Crippen LogP contribution < -0.4 is 0 Å². The van der Waals surface area contributed by atoms with Crippen molar-refractivity contribution in [2.75, 3.05) is 6.61 Å². The molecule has 104 valence electrons. The van der Waals surface area contributed by atoms with E-state index in [2.05, 4.69) is 0 Å². The van der Waals surface area contributed by atoms with Crippen LogP contribution >= 0.6 is 0 Å². The van der Waals surface area contributed by atoms with Crippen LogP contribution in [-0.2, 0) is 14.3 Å². The molecule has 0 aliphatic rings. The van der Waals surface area contributed by atoms with Gasteiger partial charge in [-0.05, 0) is 25.5 Å². The maximum absolute atomic E-state index is 11.7. The van der Waals surface area contributed by atoms with Gasteiger partial charge in [0.2, 0.25) is 0 Å². The first kappa shape index (κ1) is 15.2. The number of benzene rings is 1. The van der Waals surface area contributed by atoms with Crippen LogP contribution in [0.1, 0.15) is 43.5 Å². The van der Waals surface area contributed by atoms with Gasteiger partial charge in [-0.15, -0.1) is 0 Å². The van der Waals surface area contributed by atoms with Gasteiger partial charge in [-0.25, -0.2) is 4.79 Å². The number of hydrogen-bond donors (Lipinski definition) is 0. The van der Waals surface area contributed by atoms with Gasteiger partial charge in [-0.3, -0.25) is 4.79 Å². The summed E-state index contributed by atoms with van der Waals surface area (Å²) in [6.45, 7) is 4.13. The third-order valence-corrected chi connectivity index (χ3v) is 2.53. The highest BCUT2D eigenvalue weighted by molar-refractivity contribution is 5.89. The predicted octanol–water partition coefficient (Wildman–Crippen LogP) is 2.97. The van der Waals surface area contributed by atoms with E-state index in [0.717, 1.165) is 12.8 Å². The van der Waals surface area contributed by atoms with Crippen LogP contribution in [0, 0.1) is 0 Å². The predicted molar refractivity (Wildman–Crippen MR) is 71.8 cm³/mol. The minimum atomic E-state index is -0.484. The molecule has 0 N–H and O–H groups in total. The average Bonchev–Trinajstić information content (AvgIpc) is 2.39. The lowest BCUT2D eigenvalue weighted by molar-refractivity contribution is -0.145. The molecular weight excluding hydrogens is 244 g/mol. The van der Waals surface area contributed by atoms with Crippen molar-refractivity contribution in [3.05, 3.63) is 35.9 Å². The molecule has 0 spiro atoms. The van der Waals surface area contributed by atoms with Crippen LogP contribution in [0.4, 0.5) is 0 Å². The molecule has 0 heterocycles. The smallest absolute Gasteiger partial charge is 0.338 e. The molecule has 1 unspecified atom stereocenters. The maximum Gasteiger partial charge on any atom is 0.338 e. The van der Waals surface area contributed by atoms with E-state index in [1.807, 2.05) is 13.0 Å². The Kier molecular flexibility index (Phi) is 6.64. The van der Waals surface area contributed by atoms with E-state index in [4.69, 9.17) is 9.47 Å². The lowest BCUT2D eigenvalue weighted by Crippen LogP contribution is -2.20. The lowest BCUT2D eigenvalue weighted by atomic mass is 10.2. The Labute approximate surface area is 113 Å². The fourth-order valence-electron chi connectivity index (χ4n) is 1.49. The Balaban J connectivity index is 2.33. The Morgan fingerprint density at radius 2 is 1.89 bits per heavy atom. The number of carbonyl (C=O) groups excluding carboxylic acids is 2. The molecule has 1 aromatic carbocycles. The van der Waals surface area contributed by atoms with Gasteiger partial charge in [0, 0.05) is 0 Å². The number of ether oxygens (including phenoxy) is 2. The van der Waals surface area contributed by atoms with Crippen molar-refractivity contribution in [3.8, 4) is 0 Å². The molecule has 0 saturated heterocycles. The third-order valence-electron chi connectivity index (χ3n) is 2.53. The first-order chi connectivity index (χ1) is 9.13. The standard InChI is InChI=1S/C15H20O4/c1-3-4-10-18-14(16)11-12(2)19-15(17)13-8-6-5-7-9-13/h5-9,12H,3-4,10-11H2,1-2H3. The van der Waals surface area contributed by atoms with E-state index in [1.165, 1.54) is 0 Å². The fraction of sp³-hybridized carbons (Fsp3) is 0.467. The summed E-state index contributed by atoms with van der Waals surface area (Å²) in [6.07, 6.45) is 1.43. The fourth-order valence-corrected chi connectivity index (χ4v) is 1.49. The summed E-state index contributed by atoms with van der Waals surface area (Å²) in [5, 5.41) is 0. The molecule has 0 aromatic heterocycles. The molecule has 1 rings (SSSR count). The van der Waals surface area contributed by atoms with Crippen molar-refractivity contribution < 1.29 is 19.1 Å². The van der Waals surface area contributed by atoms with E-state index in [9.17, 15) is 9.59 Å². The molecular formula is C15H20O4. The highest BCUT2D eigenvalue weighted by Gasteiger charge is 2.15. The van der Waals surface area contributed by atoms with Crippen molar-refractivity contribution in [1.29, 1.82) is 0 Å². The zero-order valence-corrected chi connectivity index (χ0v) is 11.4. The summed E-state index contributed by atoms with van der Waals surface area (Å²) < 4.78 is 10.2. The molecule has 0 saturated carbocycles. The summed E-state index contributed by atoms with van der Waals surface area (Å²) >= 11 is 0. The molecule has 0 amide bonds. The molecule has 1 atom stereocenters. The quantitative estimate of drug-likeness (QED) is 0.561. The Hall–Kier alpha value is -1.84. The van der Waals surface area contributed by atoms with Crippen LogP contribution in [-0.4, -0.2) is 24.6 Å². The van der Waals surface area contributed by atoms with Gasteiger partial charge in [0.05, 0.1) is 18.6 Å². The largest absolute Gasteiger partial charge is 0.466 e. The molecule has 0 radical (unpaired) electrons. The van der Waals surface area contributed by atoms with Crippen molar-refractivity contribution in [3.63, 3.8) is 0 Å². The van der Waals surface area contributed by atoms with Crippen LogP contribution in [0.15, 0.2) is 30.3 Å². The second kappa shape index (κ2) is 8.29. The van der Waals surface area contributed by atoms with Crippen molar-refractivity contribution in [2.45, 2.75) is 39.2 Å². The van der Waals surface area contributed by atoms with Gasteiger partial charge in [0.15, 0.2) is 0 Å². The highest BCUT2D eigenvalue weighted by atomic mass is 16.6. The molecule has 0 aliphatic heterocycles. The normalized spacial score (nSPS) is 11.7. The molecule has 4 heteroatoms. The Morgan fingerprint density at radius 1 is 1.21 bits per heavy atom. The first-order valence-corrected chi connectivity index (χ1v) is 6.55. The number of rotatable bonds is 7. The Morgan fingerprint density at radius 3 is 2.53 bits per heavy atom. The first-order valence-electron chi connectivity index (χ1n) is 6.55. The highest BCUT2D eigenvalue weighted by Crippen LogP contribution is 2.07. The maximum atomic E-state index is 11.7.